The number of nitrogens with zero attached hydrogens (tertiary/aromatic N) is 3. The zero-order valence-electron chi connectivity index (χ0n) is 18.2. The minimum absolute atomic E-state index is 0.00429. The lowest BCUT2D eigenvalue weighted by atomic mass is 9.97. The zero-order valence-corrected chi connectivity index (χ0v) is 18.9. The SMILES string of the molecule is COc1ccc(-c2ccc(NC(=O)[C@@H]3C[C@H]3c3ccc(Cl)cc3)cc2-c2nnn[nH]2)cc1C. The first-order valence-electron chi connectivity index (χ1n) is 10.6. The average molecular weight is 460 g/mol. The van der Waals surface area contributed by atoms with E-state index >= 15 is 0 Å². The van der Waals surface area contributed by atoms with Crippen LogP contribution >= 0.6 is 11.6 Å². The van der Waals surface area contributed by atoms with Crippen molar-refractivity contribution in [1.29, 1.82) is 0 Å². The van der Waals surface area contributed by atoms with Gasteiger partial charge in [0.2, 0.25) is 5.91 Å². The molecule has 1 aliphatic carbocycles. The molecule has 0 unspecified atom stereocenters. The Morgan fingerprint density at radius 3 is 2.61 bits per heavy atom. The Balaban J connectivity index is 1.40. The highest BCUT2D eigenvalue weighted by molar-refractivity contribution is 6.30. The summed E-state index contributed by atoms with van der Waals surface area (Å²) in [7, 11) is 1.66. The van der Waals surface area contributed by atoms with E-state index < -0.39 is 0 Å². The van der Waals surface area contributed by atoms with Gasteiger partial charge in [0.1, 0.15) is 5.75 Å². The number of hydrogen-bond acceptors (Lipinski definition) is 5. The van der Waals surface area contributed by atoms with Crippen molar-refractivity contribution in [1.82, 2.24) is 20.6 Å². The van der Waals surface area contributed by atoms with Crippen molar-refractivity contribution in [2.45, 2.75) is 19.3 Å². The lowest BCUT2D eigenvalue weighted by molar-refractivity contribution is -0.117. The number of amides is 1. The molecular formula is C25H22ClN5O2. The van der Waals surface area contributed by atoms with E-state index in [4.69, 9.17) is 16.3 Å². The summed E-state index contributed by atoms with van der Waals surface area (Å²) in [6.45, 7) is 2.00. The highest BCUT2D eigenvalue weighted by Crippen LogP contribution is 2.48. The fourth-order valence-corrected chi connectivity index (χ4v) is 4.31. The van der Waals surface area contributed by atoms with Crippen LogP contribution in [0.5, 0.6) is 5.75 Å². The van der Waals surface area contributed by atoms with Crippen LogP contribution in [-0.4, -0.2) is 33.6 Å². The van der Waals surface area contributed by atoms with E-state index in [-0.39, 0.29) is 17.7 Å². The van der Waals surface area contributed by atoms with Gasteiger partial charge in [-0.05, 0) is 88.3 Å². The summed E-state index contributed by atoms with van der Waals surface area (Å²) in [6, 6.07) is 19.5. The van der Waals surface area contributed by atoms with Crippen molar-refractivity contribution in [2.24, 2.45) is 5.92 Å². The van der Waals surface area contributed by atoms with Gasteiger partial charge in [-0.2, -0.15) is 0 Å². The zero-order chi connectivity index (χ0) is 22.9. The summed E-state index contributed by atoms with van der Waals surface area (Å²) < 4.78 is 5.38. The molecule has 0 bridgehead atoms. The Morgan fingerprint density at radius 1 is 1.09 bits per heavy atom. The number of halogens is 1. The van der Waals surface area contributed by atoms with Crippen LogP contribution in [0.25, 0.3) is 22.5 Å². The van der Waals surface area contributed by atoms with Crippen molar-refractivity contribution in [2.75, 3.05) is 12.4 Å². The number of nitrogens with one attached hydrogen (secondary N) is 2. The van der Waals surface area contributed by atoms with Gasteiger partial charge < -0.3 is 10.1 Å². The van der Waals surface area contributed by atoms with Gasteiger partial charge in [-0.3, -0.25) is 4.79 Å². The predicted molar refractivity (Wildman–Crippen MR) is 127 cm³/mol. The molecule has 2 atom stereocenters. The van der Waals surface area contributed by atoms with E-state index in [1.54, 1.807) is 7.11 Å². The molecule has 33 heavy (non-hydrogen) atoms. The Hall–Kier alpha value is -3.71. The monoisotopic (exact) mass is 459 g/mol. The van der Waals surface area contributed by atoms with Crippen molar-refractivity contribution < 1.29 is 9.53 Å². The molecule has 5 rings (SSSR count). The molecule has 0 radical (unpaired) electrons. The van der Waals surface area contributed by atoms with Crippen LogP contribution in [0.3, 0.4) is 0 Å². The van der Waals surface area contributed by atoms with Crippen molar-refractivity contribution in [3.05, 3.63) is 76.8 Å². The maximum Gasteiger partial charge on any atom is 0.228 e. The Morgan fingerprint density at radius 2 is 1.91 bits per heavy atom. The molecule has 4 aromatic rings. The van der Waals surface area contributed by atoms with Crippen molar-refractivity contribution in [3.8, 4) is 28.3 Å². The molecule has 0 spiro atoms. The molecule has 0 aliphatic heterocycles. The molecule has 8 heteroatoms. The summed E-state index contributed by atoms with van der Waals surface area (Å²) in [5.41, 5.74) is 5.61. The van der Waals surface area contributed by atoms with E-state index in [9.17, 15) is 4.79 Å². The third kappa shape index (κ3) is 4.32. The van der Waals surface area contributed by atoms with Crippen LogP contribution in [-0.2, 0) is 4.79 Å². The average Bonchev–Trinajstić information content (AvgIpc) is 3.44. The van der Waals surface area contributed by atoms with E-state index in [0.29, 0.717) is 16.5 Å². The normalized spacial score (nSPS) is 16.9. The maximum absolute atomic E-state index is 12.9. The number of tetrazole rings is 1. The Labute approximate surface area is 196 Å². The summed E-state index contributed by atoms with van der Waals surface area (Å²) in [6.07, 6.45) is 0.829. The van der Waals surface area contributed by atoms with Crippen LogP contribution in [0, 0.1) is 12.8 Å². The fraction of sp³-hybridized carbons (Fsp3) is 0.200. The molecule has 7 nitrogen and oxygen atoms in total. The first-order chi connectivity index (χ1) is 16.0. The van der Waals surface area contributed by atoms with Crippen molar-refractivity contribution >= 4 is 23.2 Å². The van der Waals surface area contributed by atoms with Crippen LogP contribution in [0.1, 0.15) is 23.5 Å². The minimum Gasteiger partial charge on any atom is -0.496 e. The second-order valence-electron chi connectivity index (χ2n) is 8.18. The maximum atomic E-state index is 12.9. The molecule has 1 heterocycles. The molecule has 1 aromatic heterocycles. The van der Waals surface area contributed by atoms with Gasteiger partial charge in [0.25, 0.3) is 0 Å². The Kier molecular flexibility index (Phi) is 5.56. The largest absolute Gasteiger partial charge is 0.496 e. The number of benzene rings is 3. The first-order valence-corrected chi connectivity index (χ1v) is 11.0. The minimum atomic E-state index is -0.0505. The van der Waals surface area contributed by atoms with Crippen LogP contribution in [0.4, 0.5) is 5.69 Å². The van der Waals surface area contributed by atoms with Crippen LogP contribution < -0.4 is 10.1 Å². The lowest BCUT2D eigenvalue weighted by Gasteiger charge is -2.13. The highest BCUT2D eigenvalue weighted by Gasteiger charge is 2.43. The van der Waals surface area contributed by atoms with E-state index in [2.05, 4.69) is 32.0 Å². The van der Waals surface area contributed by atoms with Crippen LogP contribution in [0.2, 0.25) is 5.02 Å². The summed E-state index contributed by atoms with van der Waals surface area (Å²) in [5.74, 6) is 1.53. The number of aromatic amines is 1. The molecule has 3 aromatic carbocycles. The summed E-state index contributed by atoms with van der Waals surface area (Å²) >= 11 is 5.98. The fourth-order valence-electron chi connectivity index (χ4n) is 4.19. The van der Waals surface area contributed by atoms with Crippen molar-refractivity contribution in [3.63, 3.8) is 0 Å². The first kappa shape index (κ1) is 21.2. The van der Waals surface area contributed by atoms with E-state index in [1.165, 1.54) is 0 Å². The van der Waals surface area contributed by atoms with Gasteiger partial charge in [0.15, 0.2) is 5.82 Å². The second-order valence-corrected chi connectivity index (χ2v) is 8.62. The third-order valence-electron chi connectivity index (χ3n) is 6.02. The summed E-state index contributed by atoms with van der Waals surface area (Å²) in [4.78, 5) is 12.9. The smallest absolute Gasteiger partial charge is 0.228 e. The Bertz CT molecular complexity index is 1310. The molecular weight excluding hydrogens is 438 g/mol. The van der Waals surface area contributed by atoms with E-state index in [1.807, 2.05) is 61.5 Å². The standard InChI is InChI=1S/C25H22ClN5O2/c1-14-11-16(5-10-23(14)33-2)19-9-8-18(12-21(19)24-28-30-31-29-24)27-25(32)22-13-20(22)15-3-6-17(26)7-4-15/h3-12,20,22H,13H2,1-2H3,(H,27,32)(H,28,29,30,31)/t20-,22+/m0/s1. The third-order valence-corrected chi connectivity index (χ3v) is 6.27. The summed E-state index contributed by atoms with van der Waals surface area (Å²) in [5, 5.41) is 18.1. The van der Waals surface area contributed by atoms with Gasteiger partial charge in [-0.25, -0.2) is 5.10 Å². The van der Waals surface area contributed by atoms with Gasteiger partial charge in [-0.1, -0.05) is 35.9 Å². The topological polar surface area (TPSA) is 92.8 Å². The quantitative estimate of drug-likeness (QED) is 0.411. The molecule has 1 fully saturated rings. The number of carbonyl (C=O) groups excluding carboxylic acids is 1. The molecule has 0 saturated heterocycles. The number of hydrogen-bond donors (Lipinski definition) is 2. The van der Waals surface area contributed by atoms with Gasteiger partial charge >= 0.3 is 0 Å². The molecule has 1 amide bonds. The number of H-pyrrole nitrogens is 1. The molecule has 1 aliphatic rings. The number of anilines is 1. The van der Waals surface area contributed by atoms with Crippen LogP contribution in [0.15, 0.2) is 60.7 Å². The lowest BCUT2D eigenvalue weighted by Crippen LogP contribution is -2.14. The van der Waals surface area contributed by atoms with Gasteiger partial charge in [-0.15, -0.1) is 5.10 Å². The number of aromatic nitrogens is 4. The number of carbonyl (C=O) groups is 1. The molecule has 1 saturated carbocycles. The number of ether oxygens (including phenoxy) is 1. The number of methoxy groups -OCH3 is 1. The second kappa shape index (κ2) is 8.67. The van der Waals surface area contributed by atoms with Gasteiger partial charge in [0, 0.05) is 22.2 Å². The van der Waals surface area contributed by atoms with E-state index in [0.717, 1.165) is 40.0 Å². The predicted octanol–water partition coefficient (Wildman–Crippen LogP) is 5.25. The highest BCUT2D eigenvalue weighted by atomic mass is 35.5. The molecule has 2 N–H and O–H groups in total. The number of rotatable bonds is 6. The molecule has 166 valence electrons. The number of aryl methyl sites for hydroxylation is 1. The van der Waals surface area contributed by atoms with Gasteiger partial charge in [0.05, 0.1) is 7.11 Å².